The molecule has 3 nitrogen and oxygen atoms in total. The topological polar surface area (TPSA) is 40.5 Å². The molecular weight excluding hydrogens is 226 g/mol. The summed E-state index contributed by atoms with van der Waals surface area (Å²) in [5, 5.41) is 10.3. The highest BCUT2D eigenvalue weighted by atomic mass is 16.3. The summed E-state index contributed by atoms with van der Waals surface area (Å²) in [7, 11) is 1.74. The molecule has 3 heteroatoms. The second-order valence-electron chi connectivity index (χ2n) is 5.76. The van der Waals surface area contributed by atoms with Gasteiger partial charge >= 0.3 is 0 Å². The molecule has 0 saturated carbocycles. The van der Waals surface area contributed by atoms with Crippen LogP contribution in [-0.4, -0.2) is 29.0 Å². The van der Waals surface area contributed by atoms with Crippen LogP contribution in [0.5, 0.6) is 0 Å². The number of nitrogens with zero attached hydrogens (tertiary/aromatic N) is 1. The van der Waals surface area contributed by atoms with Crippen LogP contribution in [0.1, 0.15) is 39.4 Å². The first-order valence-corrected chi connectivity index (χ1v) is 6.25. The van der Waals surface area contributed by atoms with Crippen molar-refractivity contribution in [3.05, 3.63) is 35.9 Å². The fraction of sp³-hybridized carbons (Fsp3) is 0.533. The Morgan fingerprint density at radius 2 is 1.72 bits per heavy atom. The van der Waals surface area contributed by atoms with Gasteiger partial charge in [-0.3, -0.25) is 4.79 Å². The zero-order chi connectivity index (χ0) is 13.9. The van der Waals surface area contributed by atoms with Crippen LogP contribution in [-0.2, 0) is 4.79 Å². The lowest BCUT2D eigenvalue weighted by Gasteiger charge is -2.33. The molecule has 0 aliphatic carbocycles. The molecule has 1 rings (SSSR count). The number of hydrogen-bond acceptors (Lipinski definition) is 2. The average molecular weight is 249 g/mol. The fourth-order valence-electron chi connectivity index (χ4n) is 1.85. The maximum absolute atomic E-state index is 12.2. The predicted octanol–water partition coefficient (Wildman–Crippen LogP) is 2.61. The number of carbonyl (C=O) groups is 1. The highest BCUT2D eigenvalue weighted by Crippen LogP contribution is 2.24. The van der Waals surface area contributed by atoms with Crippen LogP contribution in [0.3, 0.4) is 0 Å². The van der Waals surface area contributed by atoms with E-state index in [4.69, 9.17) is 0 Å². The van der Waals surface area contributed by atoms with Gasteiger partial charge in [-0.1, -0.05) is 51.1 Å². The lowest BCUT2D eigenvalue weighted by atomic mass is 9.93. The Bertz CT molecular complexity index is 395. The first-order valence-electron chi connectivity index (χ1n) is 6.25. The summed E-state index contributed by atoms with van der Waals surface area (Å²) in [5.74, 6) is 0.0324. The van der Waals surface area contributed by atoms with E-state index in [1.165, 1.54) is 0 Å². The molecule has 0 aromatic heterocycles. The summed E-state index contributed by atoms with van der Waals surface area (Å²) < 4.78 is 0. The van der Waals surface area contributed by atoms with E-state index in [0.717, 1.165) is 5.56 Å². The Balaban J connectivity index is 2.82. The first kappa shape index (κ1) is 14.7. The standard InChI is InChI=1S/C15H23NO2/c1-11(16(5)14(18)15(2,3)4)13(17)12-9-7-6-8-10-12/h6-11,13,17H,1-5H3. The molecule has 0 spiro atoms. The zero-order valence-corrected chi connectivity index (χ0v) is 11.8. The molecule has 0 radical (unpaired) electrons. The summed E-state index contributed by atoms with van der Waals surface area (Å²) in [4.78, 5) is 13.8. The second kappa shape index (κ2) is 5.53. The number of hydrogen-bond donors (Lipinski definition) is 1. The van der Waals surface area contributed by atoms with Crippen molar-refractivity contribution < 1.29 is 9.90 Å². The monoisotopic (exact) mass is 249 g/mol. The molecule has 1 aromatic rings. The van der Waals surface area contributed by atoms with Gasteiger partial charge < -0.3 is 10.0 Å². The Morgan fingerprint density at radius 1 is 1.22 bits per heavy atom. The summed E-state index contributed by atoms with van der Waals surface area (Å²) in [5.41, 5.74) is 0.401. The van der Waals surface area contributed by atoms with Gasteiger partial charge in [-0.15, -0.1) is 0 Å². The molecule has 0 bridgehead atoms. The fourth-order valence-corrected chi connectivity index (χ4v) is 1.85. The van der Waals surface area contributed by atoms with Crippen LogP contribution in [0.25, 0.3) is 0 Å². The van der Waals surface area contributed by atoms with Crippen molar-refractivity contribution in [2.75, 3.05) is 7.05 Å². The van der Waals surface area contributed by atoms with E-state index in [0.29, 0.717) is 0 Å². The quantitative estimate of drug-likeness (QED) is 0.894. The molecular formula is C15H23NO2. The van der Waals surface area contributed by atoms with Crippen molar-refractivity contribution >= 4 is 5.91 Å². The number of amides is 1. The van der Waals surface area contributed by atoms with Crippen molar-refractivity contribution in [1.82, 2.24) is 4.90 Å². The second-order valence-corrected chi connectivity index (χ2v) is 5.76. The van der Waals surface area contributed by atoms with Crippen LogP contribution in [0.15, 0.2) is 30.3 Å². The molecule has 0 saturated heterocycles. The van der Waals surface area contributed by atoms with Crippen LogP contribution >= 0.6 is 0 Å². The molecule has 18 heavy (non-hydrogen) atoms. The zero-order valence-electron chi connectivity index (χ0n) is 11.8. The summed E-state index contributed by atoms with van der Waals surface area (Å²) in [6.45, 7) is 7.51. The first-order chi connectivity index (χ1) is 8.25. The van der Waals surface area contributed by atoms with Gasteiger partial charge in [-0.05, 0) is 12.5 Å². The summed E-state index contributed by atoms with van der Waals surface area (Å²) >= 11 is 0. The smallest absolute Gasteiger partial charge is 0.228 e. The number of aliphatic hydroxyl groups excluding tert-OH is 1. The van der Waals surface area contributed by atoms with Crippen molar-refractivity contribution in [3.8, 4) is 0 Å². The molecule has 1 N–H and O–H groups in total. The lowest BCUT2D eigenvalue weighted by Crippen LogP contribution is -2.44. The van der Waals surface area contributed by atoms with Gasteiger partial charge in [0.05, 0.1) is 12.1 Å². The van der Waals surface area contributed by atoms with Gasteiger partial charge in [0.1, 0.15) is 0 Å². The number of benzene rings is 1. The van der Waals surface area contributed by atoms with E-state index in [1.807, 2.05) is 58.0 Å². The van der Waals surface area contributed by atoms with E-state index in [-0.39, 0.29) is 11.9 Å². The van der Waals surface area contributed by atoms with Gasteiger partial charge in [-0.2, -0.15) is 0 Å². The molecule has 2 atom stereocenters. The molecule has 1 aromatic carbocycles. The van der Waals surface area contributed by atoms with Crippen LogP contribution < -0.4 is 0 Å². The highest BCUT2D eigenvalue weighted by molar-refractivity contribution is 5.81. The molecule has 0 aliphatic heterocycles. The van der Waals surface area contributed by atoms with Crippen LogP contribution in [0, 0.1) is 5.41 Å². The largest absolute Gasteiger partial charge is 0.386 e. The van der Waals surface area contributed by atoms with E-state index in [9.17, 15) is 9.90 Å². The lowest BCUT2D eigenvalue weighted by molar-refractivity contribution is -0.142. The average Bonchev–Trinajstić information content (AvgIpc) is 2.35. The highest BCUT2D eigenvalue weighted by Gasteiger charge is 2.30. The third-order valence-electron chi connectivity index (χ3n) is 3.17. The Hall–Kier alpha value is -1.35. The number of likely N-dealkylation sites (N-methyl/N-ethyl adjacent to an activating group) is 1. The number of carbonyl (C=O) groups excluding carboxylic acids is 1. The molecule has 1 amide bonds. The summed E-state index contributed by atoms with van der Waals surface area (Å²) in [6.07, 6.45) is -0.664. The third-order valence-corrected chi connectivity index (χ3v) is 3.17. The molecule has 0 fully saturated rings. The van der Waals surface area contributed by atoms with Gasteiger partial charge in [0.25, 0.3) is 0 Å². The van der Waals surface area contributed by atoms with Crippen molar-refractivity contribution in [3.63, 3.8) is 0 Å². The SMILES string of the molecule is CC(C(O)c1ccccc1)N(C)C(=O)C(C)(C)C. The molecule has 2 unspecified atom stereocenters. The maximum Gasteiger partial charge on any atom is 0.228 e. The minimum atomic E-state index is -0.664. The van der Waals surface area contributed by atoms with Crippen molar-refractivity contribution in [2.24, 2.45) is 5.41 Å². The normalized spacial score (nSPS) is 15.0. The number of rotatable bonds is 3. The van der Waals surface area contributed by atoms with Crippen LogP contribution in [0.2, 0.25) is 0 Å². The number of aliphatic hydroxyl groups is 1. The van der Waals surface area contributed by atoms with Gasteiger partial charge in [0.15, 0.2) is 0 Å². The minimum absolute atomic E-state index is 0.0324. The third kappa shape index (κ3) is 3.33. The summed E-state index contributed by atoms with van der Waals surface area (Å²) in [6, 6.07) is 9.17. The Morgan fingerprint density at radius 3 is 2.17 bits per heavy atom. The maximum atomic E-state index is 12.2. The molecule has 0 heterocycles. The molecule has 100 valence electrons. The Labute approximate surface area is 109 Å². The minimum Gasteiger partial charge on any atom is -0.386 e. The van der Waals surface area contributed by atoms with Crippen LogP contribution in [0.4, 0.5) is 0 Å². The van der Waals surface area contributed by atoms with E-state index in [1.54, 1.807) is 11.9 Å². The Kier molecular flexibility index (Phi) is 4.52. The van der Waals surface area contributed by atoms with Gasteiger partial charge in [-0.25, -0.2) is 0 Å². The van der Waals surface area contributed by atoms with Crippen molar-refractivity contribution in [1.29, 1.82) is 0 Å². The van der Waals surface area contributed by atoms with E-state index < -0.39 is 11.5 Å². The van der Waals surface area contributed by atoms with E-state index >= 15 is 0 Å². The van der Waals surface area contributed by atoms with Gasteiger partial charge in [0.2, 0.25) is 5.91 Å². The van der Waals surface area contributed by atoms with Crippen molar-refractivity contribution in [2.45, 2.75) is 39.8 Å². The van der Waals surface area contributed by atoms with E-state index in [2.05, 4.69) is 0 Å². The molecule has 0 aliphatic rings. The predicted molar refractivity (Wildman–Crippen MR) is 73.1 cm³/mol. The van der Waals surface area contributed by atoms with Gasteiger partial charge in [0, 0.05) is 12.5 Å².